The summed E-state index contributed by atoms with van der Waals surface area (Å²) in [5.74, 6) is 0.259. The second-order valence-corrected chi connectivity index (χ2v) is 6.49. The quantitative estimate of drug-likeness (QED) is 0.841. The average Bonchev–Trinajstić information content (AvgIpc) is 2.56. The minimum absolute atomic E-state index is 0.0205. The molecule has 0 fully saturated rings. The highest BCUT2D eigenvalue weighted by Gasteiger charge is 2.20. The van der Waals surface area contributed by atoms with Crippen LogP contribution in [0, 0.1) is 5.82 Å². The maximum absolute atomic E-state index is 13.5. The number of sulfonamides is 1. The topological polar surface area (TPSA) is 64.6 Å². The van der Waals surface area contributed by atoms with Gasteiger partial charge in [0.2, 0.25) is 10.0 Å². The van der Waals surface area contributed by atoms with E-state index >= 15 is 0 Å². The van der Waals surface area contributed by atoms with Crippen molar-refractivity contribution in [2.24, 2.45) is 0 Å². The van der Waals surface area contributed by atoms with Gasteiger partial charge < -0.3 is 9.47 Å². The number of hydrogen-bond donors (Lipinski definition) is 1. The monoisotopic (exact) mass is 339 g/mol. The van der Waals surface area contributed by atoms with Crippen LogP contribution in [0.1, 0.15) is 5.56 Å². The van der Waals surface area contributed by atoms with Gasteiger partial charge in [-0.1, -0.05) is 18.2 Å². The maximum atomic E-state index is 13.5. The third-order valence-electron chi connectivity index (χ3n) is 3.30. The molecule has 2 aromatic carbocycles. The molecule has 0 aliphatic carbocycles. The Hall–Kier alpha value is -2.12. The van der Waals surface area contributed by atoms with Crippen LogP contribution < -0.4 is 14.2 Å². The Morgan fingerprint density at radius 3 is 2.48 bits per heavy atom. The minimum atomic E-state index is -3.80. The molecule has 0 aliphatic heterocycles. The van der Waals surface area contributed by atoms with Gasteiger partial charge in [0.1, 0.15) is 22.2 Å². The van der Waals surface area contributed by atoms with Crippen LogP contribution in [0.2, 0.25) is 0 Å². The van der Waals surface area contributed by atoms with E-state index in [9.17, 15) is 12.8 Å². The Kier molecular flexibility index (Phi) is 5.57. The molecule has 124 valence electrons. The van der Waals surface area contributed by atoms with E-state index in [1.54, 1.807) is 24.3 Å². The first-order chi connectivity index (χ1) is 11.0. The molecule has 5 nitrogen and oxygen atoms in total. The molecule has 0 amide bonds. The minimum Gasteiger partial charge on any atom is -0.497 e. The summed E-state index contributed by atoms with van der Waals surface area (Å²) in [6.45, 7) is 0.0730. The lowest BCUT2D eigenvalue weighted by Crippen LogP contribution is -2.26. The lowest BCUT2D eigenvalue weighted by atomic mass is 10.1. The predicted molar refractivity (Wildman–Crippen MR) is 84.8 cm³/mol. The van der Waals surface area contributed by atoms with E-state index in [2.05, 4.69) is 4.72 Å². The SMILES string of the molecule is COc1ccc(OC)c(S(=O)(=O)NCCc2ccccc2F)c1. The van der Waals surface area contributed by atoms with Crippen LogP contribution >= 0.6 is 0 Å². The summed E-state index contributed by atoms with van der Waals surface area (Å²) in [5.41, 5.74) is 0.452. The number of rotatable bonds is 7. The summed E-state index contributed by atoms with van der Waals surface area (Å²) in [7, 11) is -0.959. The van der Waals surface area contributed by atoms with Crippen molar-refractivity contribution in [3.63, 3.8) is 0 Å². The van der Waals surface area contributed by atoms with E-state index in [1.807, 2.05) is 0 Å². The highest BCUT2D eigenvalue weighted by atomic mass is 32.2. The molecule has 0 atom stereocenters. The maximum Gasteiger partial charge on any atom is 0.244 e. The molecule has 23 heavy (non-hydrogen) atoms. The lowest BCUT2D eigenvalue weighted by Gasteiger charge is -2.12. The summed E-state index contributed by atoms with van der Waals surface area (Å²) >= 11 is 0. The zero-order chi connectivity index (χ0) is 16.9. The smallest absolute Gasteiger partial charge is 0.244 e. The van der Waals surface area contributed by atoms with Crippen molar-refractivity contribution < 1.29 is 22.3 Å². The van der Waals surface area contributed by atoms with Crippen LogP contribution in [0.5, 0.6) is 11.5 Å². The predicted octanol–water partition coefficient (Wildman–Crippen LogP) is 2.36. The number of hydrogen-bond acceptors (Lipinski definition) is 4. The molecule has 0 spiro atoms. The lowest BCUT2D eigenvalue weighted by molar-refractivity contribution is 0.392. The largest absolute Gasteiger partial charge is 0.497 e. The molecule has 7 heteroatoms. The summed E-state index contributed by atoms with van der Waals surface area (Å²) in [5, 5.41) is 0. The Bertz CT molecular complexity index is 777. The van der Waals surface area contributed by atoms with Gasteiger partial charge in [-0.2, -0.15) is 0 Å². The summed E-state index contributed by atoms with van der Waals surface area (Å²) < 4.78 is 50.9. The molecule has 2 rings (SSSR count). The second kappa shape index (κ2) is 7.43. The number of methoxy groups -OCH3 is 2. The highest BCUT2D eigenvalue weighted by molar-refractivity contribution is 7.89. The fourth-order valence-corrected chi connectivity index (χ4v) is 3.31. The van der Waals surface area contributed by atoms with Crippen molar-refractivity contribution in [3.8, 4) is 11.5 Å². The first-order valence-corrected chi connectivity index (χ1v) is 8.41. The zero-order valence-electron chi connectivity index (χ0n) is 12.9. The van der Waals surface area contributed by atoms with E-state index in [4.69, 9.17) is 9.47 Å². The van der Waals surface area contributed by atoms with Gasteiger partial charge in [-0.15, -0.1) is 0 Å². The molecule has 0 bridgehead atoms. The van der Waals surface area contributed by atoms with E-state index < -0.39 is 10.0 Å². The molecule has 0 radical (unpaired) electrons. The Morgan fingerprint density at radius 2 is 1.83 bits per heavy atom. The van der Waals surface area contributed by atoms with Crippen LogP contribution in [-0.2, 0) is 16.4 Å². The number of benzene rings is 2. The van der Waals surface area contributed by atoms with Gasteiger partial charge in [-0.25, -0.2) is 17.5 Å². The highest BCUT2D eigenvalue weighted by Crippen LogP contribution is 2.27. The number of halogens is 1. The third kappa shape index (κ3) is 4.20. The van der Waals surface area contributed by atoms with Crippen molar-refractivity contribution in [2.75, 3.05) is 20.8 Å². The summed E-state index contributed by atoms with van der Waals surface area (Å²) in [6, 6.07) is 10.8. The Balaban J connectivity index is 2.14. The van der Waals surface area contributed by atoms with Gasteiger partial charge in [-0.3, -0.25) is 0 Å². The molecule has 0 heterocycles. The van der Waals surface area contributed by atoms with Crippen LogP contribution in [0.4, 0.5) is 4.39 Å². The van der Waals surface area contributed by atoms with Crippen LogP contribution in [0.25, 0.3) is 0 Å². The van der Waals surface area contributed by atoms with E-state index in [1.165, 1.54) is 32.4 Å². The van der Waals surface area contributed by atoms with Crippen LogP contribution in [0.3, 0.4) is 0 Å². The van der Waals surface area contributed by atoms with Crippen LogP contribution in [-0.4, -0.2) is 29.2 Å². The van der Waals surface area contributed by atoms with Gasteiger partial charge in [0, 0.05) is 12.6 Å². The van der Waals surface area contributed by atoms with Crippen LogP contribution in [0.15, 0.2) is 47.4 Å². The summed E-state index contributed by atoms with van der Waals surface area (Å²) in [4.78, 5) is -0.0205. The van der Waals surface area contributed by atoms with Gasteiger partial charge in [0.15, 0.2) is 0 Å². The van der Waals surface area contributed by atoms with Gasteiger partial charge in [0.05, 0.1) is 14.2 Å². The molecular weight excluding hydrogens is 321 g/mol. The first kappa shape index (κ1) is 17.2. The fourth-order valence-electron chi connectivity index (χ4n) is 2.09. The van der Waals surface area contributed by atoms with Crippen molar-refractivity contribution in [1.82, 2.24) is 4.72 Å². The van der Waals surface area contributed by atoms with E-state index in [0.29, 0.717) is 11.3 Å². The molecule has 0 saturated heterocycles. The number of ether oxygens (including phenoxy) is 2. The van der Waals surface area contributed by atoms with Gasteiger partial charge in [-0.05, 0) is 30.2 Å². The van der Waals surface area contributed by atoms with Gasteiger partial charge in [0.25, 0.3) is 0 Å². The molecule has 2 aromatic rings. The Morgan fingerprint density at radius 1 is 1.09 bits per heavy atom. The molecule has 0 unspecified atom stereocenters. The average molecular weight is 339 g/mol. The first-order valence-electron chi connectivity index (χ1n) is 6.93. The normalized spacial score (nSPS) is 11.3. The molecule has 0 aromatic heterocycles. The molecule has 0 saturated carbocycles. The van der Waals surface area contributed by atoms with Gasteiger partial charge >= 0.3 is 0 Å². The fraction of sp³-hybridized carbons (Fsp3) is 0.250. The second-order valence-electron chi connectivity index (χ2n) is 4.76. The molecule has 1 N–H and O–H groups in total. The van der Waals surface area contributed by atoms with E-state index in [-0.39, 0.29) is 29.4 Å². The van der Waals surface area contributed by atoms with Crippen molar-refractivity contribution in [1.29, 1.82) is 0 Å². The van der Waals surface area contributed by atoms with Crippen molar-refractivity contribution in [2.45, 2.75) is 11.3 Å². The number of nitrogens with one attached hydrogen (secondary N) is 1. The molecule has 0 aliphatic rings. The zero-order valence-corrected chi connectivity index (χ0v) is 13.7. The van der Waals surface area contributed by atoms with Crippen molar-refractivity contribution >= 4 is 10.0 Å². The van der Waals surface area contributed by atoms with Crippen molar-refractivity contribution in [3.05, 3.63) is 53.8 Å². The summed E-state index contributed by atoms with van der Waals surface area (Å²) in [6.07, 6.45) is 0.248. The Labute approximate surface area is 135 Å². The molecular formula is C16H18FNO4S. The standard InChI is InChI=1S/C16H18FNO4S/c1-21-13-7-8-15(22-2)16(11-13)23(19,20)18-10-9-12-5-3-4-6-14(12)17/h3-8,11,18H,9-10H2,1-2H3. The third-order valence-corrected chi connectivity index (χ3v) is 4.79. The van der Waals surface area contributed by atoms with E-state index in [0.717, 1.165) is 0 Å².